The van der Waals surface area contributed by atoms with Gasteiger partial charge in [0.05, 0.1) is 0 Å². The molecule has 0 unspecified atom stereocenters. The number of thiophene rings is 1. The molecule has 7 heteroatoms. The van der Waals surface area contributed by atoms with Crippen LogP contribution in [0.4, 0.5) is 14.5 Å². The summed E-state index contributed by atoms with van der Waals surface area (Å²) in [6.07, 6.45) is 1.62. The van der Waals surface area contributed by atoms with E-state index in [1.807, 2.05) is 17.5 Å². The quantitative estimate of drug-likeness (QED) is 0.785. The molecule has 2 rings (SSSR count). The number of hydrogen-bond acceptors (Lipinski definition) is 4. The summed E-state index contributed by atoms with van der Waals surface area (Å²) < 4.78 is 30.8. The van der Waals surface area contributed by atoms with Crippen molar-refractivity contribution in [1.82, 2.24) is 0 Å². The van der Waals surface area contributed by atoms with Crippen molar-refractivity contribution in [3.63, 3.8) is 0 Å². The second-order valence-electron chi connectivity index (χ2n) is 4.80. The van der Waals surface area contributed by atoms with Crippen molar-refractivity contribution in [2.45, 2.75) is 19.3 Å². The van der Waals surface area contributed by atoms with Gasteiger partial charge in [-0.3, -0.25) is 9.59 Å². The van der Waals surface area contributed by atoms with E-state index in [1.165, 1.54) is 4.88 Å². The van der Waals surface area contributed by atoms with E-state index in [0.29, 0.717) is 12.5 Å². The molecule has 0 aliphatic carbocycles. The first-order chi connectivity index (χ1) is 11.0. The number of carbonyl (C=O) groups excluding carboxylic acids is 2. The number of aryl methyl sites for hydroxylation is 1. The van der Waals surface area contributed by atoms with Crippen LogP contribution in [0.15, 0.2) is 35.7 Å². The Labute approximate surface area is 136 Å². The normalized spacial score (nSPS) is 10.3. The van der Waals surface area contributed by atoms with Crippen molar-refractivity contribution in [3.8, 4) is 0 Å². The minimum absolute atomic E-state index is 0.0266. The van der Waals surface area contributed by atoms with E-state index in [0.717, 1.165) is 18.6 Å². The van der Waals surface area contributed by atoms with Gasteiger partial charge in [0, 0.05) is 23.1 Å². The third-order valence-corrected chi connectivity index (χ3v) is 3.83. The number of rotatable bonds is 7. The monoisotopic (exact) mass is 339 g/mol. The van der Waals surface area contributed by atoms with Crippen molar-refractivity contribution in [1.29, 1.82) is 0 Å². The lowest BCUT2D eigenvalue weighted by atomic mass is 10.2. The third-order valence-electron chi connectivity index (χ3n) is 2.89. The fraction of sp³-hybridized carbons (Fsp3) is 0.250. The largest absolute Gasteiger partial charge is 0.456 e. The Hall–Kier alpha value is -2.28. The van der Waals surface area contributed by atoms with Crippen LogP contribution in [0.1, 0.15) is 17.7 Å². The number of carbonyl (C=O) groups is 2. The third kappa shape index (κ3) is 6.15. The molecule has 0 spiro atoms. The van der Waals surface area contributed by atoms with Gasteiger partial charge in [0.15, 0.2) is 6.61 Å². The van der Waals surface area contributed by atoms with Crippen LogP contribution in [-0.2, 0) is 20.7 Å². The number of amides is 1. The molecule has 0 saturated heterocycles. The lowest BCUT2D eigenvalue weighted by Gasteiger charge is -2.07. The highest BCUT2D eigenvalue weighted by Gasteiger charge is 2.09. The smallest absolute Gasteiger partial charge is 0.306 e. The van der Waals surface area contributed by atoms with Crippen molar-refractivity contribution in [3.05, 3.63) is 52.2 Å². The Morgan fingerprint density at radius 2 is 1.91 bits per heavy atom. The number of hydrogen-bond donors (Lipinski definition) is 1. The molecule has 0 aliphatic rings. The lowest BCUT2D eigenvalue weighted by Crippen LogP contribution is -2.21. The predicted molar refractivity (Wildman–Crippen MR) is 83.2 cm³/mol. The summed E-state index contributed by atoms with van der Waals surface area (Å²) in [5.41, 5.74) is -0.0266. The number of anilines is 1. The van der Waals surface area contributed by atoms with E-state index < -0.39 is 30.1 Å². The Bertz CT molecular complexity index is 654. The standard InChI is InChI=1S/C16H15F2NO3S/c17-11-7-12(18)9-13(8-11)19-15(20)10-22-16(21)5-1-3-14-4-2-6-23-14/h2,4,6-9H,1,3,5,10H2,(H,19,20). The van der Waals surface area contributed by atoms with Gasteiger partial charge in [0.1, 0.15) is 11.6 Å². The molecule has 0 atom stereocenters. The summed E-state index contributed by atoms with van der Waals surface area (Å²) in [7, 11) is 0. The van der Waals surface area contributed by atoms with Crippen LogP contribution in [0.25, 0.3) is 0 Å². The van der Waals surface area contributed by atoms with E-state index >= 15 is 0 Å². The topological polar surface area (TPSA) is 55.4 Å². The SMILES string of the molecule is O=C(COC(=O)CCCc1cccs1)Nc1cc(F)cc(F)c1. The van der Waals surface area contributed by atoms with E-state index in [2.05, 4.69) is 5.32 Å². The van der Waals surface area contributed by atoms with Gasteiger partial charge >= 0.3 is 5.97 Å². The average Bonchev–Trinajstić information content (AvgIpc) is 2.97. The summed E-state index contributed by atoms with van der Waals surface area (Å²) in [6, 6.07) is 6.58. The van der Waals surface area contributed by atoms with Crippen molar-refractivity contribution in [2.24, 2.45) is 0 Å². The van der Waals surface area contributed by atoms with E-state index in [4.69, 9.17) is 4.74 Å². The lowest BCUT2D eigenvalue weighted by molar-refractivity contribution is -0.147. The zero-order chi connectivity index (χ0) is 16.7. The maximum Gasteiger partial charge on any atom is 0.306 e. The van der Waals surface area contributed by atoms with Gasteiger partial charge in [0.25, 0.3) is 5.91 Å². The summed E-state index contributed by atoms with van der Waals surface area (Å²) in [5, 5.41) is 4.23. The Morgan fingerprint density at radius 1 is 1.17 bits per heavy atom. The summed E-state index contributed by atoms with van der Waals surface area (Å²) in [4.78, 5) is 24.3. The fourth-order valence-corrected chi connectivity index (χ4v) is 2.65. The minimum Gasteiger partial charge on any atom is -0.456 e. The Morgan fingerprint density at radius 3 is 2.57 bits per heavy atom. The first-order valence-electron chi connectivity index (χ1n) is 6.97. The molecule has 1 amide bonds. The zero-order valence-electron chi connectivity index (χ0n) is 12.2. The molecule has 1 N–H and O–H groups in total. The molecule has 0 radical (unpaired) electrons. The Kier molecular flexibility index (Phi) is 6.22. The van der Waals surface area contributed by atoms with E-state index in [-0.39, 0.29) is 12.1 Å². The molecule has 0 bridgehead atoms. The second kappa shape index (κ2) is 8.38. The number of ether oxygens (including phenoxy) is 1. The van der Waals surface area contributed by atoms with Crippen molar-refractivity contribution < 1.29 is 23.1 Å². The maximum atomic E-state index is 13.0. The number of esters is 1. The van der Waals surface area contributed by atoms with Crippen LogP contribution in [0, 0.1) is 11.6 Å². The molecular weight excluding hydrogens is 324 g/mol. The molecule has 1 aromatic heterocycles. The molecular formula is C16H15F2NO3S. The molecule has 122 valence electrons. The number of benzene rings is 1. The van der Waals surface area contributed by atoms with Gasteiger partial charge < -0.3 is 10.1 Å². The first kappa shape index (κ1) is 17.1. The van der Waals surface area contributed by atoms with Crippen LogP contribution < -0.4 is 5.32 Å². The number of nitrogens with one attached hydrogen (secondary N) is 1. The molecule has 2 aromatic rings. The molecule has 0 fully saturated rings. The summed E-state index contributed by atoms with van der Waals surface area (Å²) in [5.74, 6) is -2.74. The van der Waals surface area contributed by atoms with Crippen LogP contribution in [0.2, 0.25) is 0 Å². The van der Waals surface area contributed by atoms with E-state index in [9.17, 15) is 18.4 Å². The van der Waals surface area contributed by atoms with Gasteiger partial charge in [-0.25, -0.2) is 8.78 Å². The van der Waals surface area contributed by atoms with Gasteiger partial charge in [-0.05, 0) is 36.4 Å². The average molecular weight is 339 g/mol. The van der Waals surface area contributed by atoms with E-state index in [1.54, 1.807) is 11.3 Å². The van der Waals surface area contributed by atoms with Crippen molar-refractivity contribution >= 4 is 28.9 Å². The molecule has 1 heterocycles. The van der Waals surface area contributed by atoms with Crippen LogP contribution >= 0.6 is 11.3 Å². The summed E-state index contributed by atoms with van der Waals surface area (Å²) >= 11 is 1.62. The second-order valence-corrected chi connectivity index (χ2v) is 5.83. The van der Waals surface area contributed by atoms with Gasteiger partial charge in [-0.1, -0.05) is 6.07 Å². The predicted octanol–water partition coefficient (Wildman–Crippen LogP) is 3.53. The number of halogens is 2. The van der Waals surface area contributed by atoms with Gasteiger partial charge in [-0.15, -0.1) is 11.3 Å². The molecule has 1 aromatic carbocycles. The molecule has 23 heavy (non-hydrogen) atoms. The van der Waals surface area contributed by atoms with Crippen molar-refractivity contribution in [2.75, 3.05) is 11.9 Å². The van der Waals surface area contributed by atoms with Crippen LogP contribution in [-0.4, -0.2) is 18.5 Å². The highest BCUT2D eigenvalue weighted by molar-refractivity contribution is 7.09. The van der Waals surface area contributed by atoms with Crippen LogP contribution in [0.5, 0.6) is 0 Å². The molecule has 0 saturated carbocycles. The minimum atomic E-state index is -0.800. The zero-order valence-corrected chi connectivity index (χ0v) is 13.0. The van der Waals surface area contributed by atoms with Gasteiger partial charge in [-0.2, -0.15) is 0 Å². The molecule has 0 aliphatic heterocycles. The highest BCUT2D eigenvalue weighted by atomic mass is 32.1. The first-order valence-corrected chi connectivity index (χ1v) is 7.85. The fourth-order valence-electron chi connectivity index (χ4n) is 1.90. The molecule has 4 nitrogen and oxygen atoms in total. The highest BCUT2D eigenvalue weighted by Crippen LogP contribution is 2.13. The maximum absolute atomic E-state index is 13.0. The van der Waals surface area contributed by atoms with Gasteiger partial charge in [0.2, 0.25) is 0 Å². The summed E-state index contributed by atoms with van der Waals surface area (Å²) in [6.45, 7) is -0.490. The van der Waals surface area contributed by atoms with Crippen LogP contribution in [0.3, 0.4) is 0 Å². The Balaban J connectivity index is 1.68.